The fourth-order valence-electron chi connectivity index (χ4n) is 10.7. The lowest BCUT2D eigenvalue weighted by molar-refractivity contribution is 0.661. The van der Waals surface area contributed by atoms with Gasteiger partial charge in [0.2, 0.25) is 0 Å². The minimum absolute atomic E-state index is 0.0869. The molecule has 0 aromatic heterocycles. The molecule has 0 aliphatic heterocycles. The van der Waals surface area contributed by atoms with Crippen molar-refractivity contribution in [3.05, 3.63) is 234 Å². The molecule has 0 radical (unpaired) electrons. The van der Waals surface area contributed by atoms with Crippen LogP contribution in [0.5, 0.6) is 0 Å². The second-order valence-corrected chi connectivity index (χ2v) is 16.4. The Morgan fingerprint density at radius 2 is 0.842 bits per heavy atom. The molecular formula is C56H39N. The summed E-state index contributed by atoms with van der Waals surface area (Å²) in [4.78, 5) is 2.46. The molecule has 0 heterocycles. The van der Waals surface area contributed by atoms with E-state index < -0.39 is 5.41 Å². The van der Waals surface area contributed by atoms with E-state index in [-0.39, 0.29) is 5.41 Å². The highest BCUT2D eigenvalue weighted by molar-refractivity contribution is 6.01. The van der Waals surface area contributed by atoms with Gasteiger partial charge in [0, 0.05) is 22.4 Å². The second-order valence-electron chi connectivity index (χ2n) is 16.4. The van der Waals surface area contributed by atoms with Crippen molar-refractivity contribution in [3.8, 4) is 44.5 Å². The van der Waals surface area contributed by atoms with Crippen molar-refractivity contribution >= 4 is 27.8 Å². The van der Waals surface area contributed by atoms with Gasteiger partial charge in [-0.3, -0.25) is 0 Å². The monoisotopic (exact) mass is 725 g/mol. The Kier molecular flexibility index (Phi) is 6.67. The number of fused-ring (bicyclic) bond motifs is 14. The molecule has 0 N–H and O–H groups in total. The molecule has 3 aliphatic carbocycles. The van der Waals surface area contributed by atoms with Crippen LogP contribution in [0.3, 0.4) is 0 Å². The van der Waals surface area contributed by atoms with Crippen LogP contribution in [0.4, 0.5) is 17.1 Å². The van der Waals surface area contributed by atoms with Gasteiger partial charge < -0.3 is 4.90 Å². The normalized spacial score (nSPS) is 14.4. The van der Waals surface area contributed by atoms with Gasteiger partial charge in [0.25, 0.3) is 0 Å². The van der Waals surface area contributed by atoms with Crippen molar-refractivity contribution in [2.45, 2.75) is 24.7 Å². The van der Waals surface area contributed by atoms with Gasteiger partial charge in [-0.05, 0) is 132 Å². The molecule has 0 unspecified atom stereocenters. The summed E-state index contributed by atoms with van der Waals surface area (Å²) in [6, 6.07) is 74.8. The Morgan fingerprint density at radius 1 is 0.333 bits per heavy atom. The lowest BCUT2D eigenvalue weighted by atomic mass is 9.70. The summed E-state index contributed by atoms with van der Waals surface area (Å²) < 4.78 is 0. The van der Waals surface area contributed by atoms with E-state index in [0.29, 0.717) is 0 Å². The molecular weight excluding hydrogens is 687 g/mol. The number of benzene rings is 9. The quantitative estimate of drug-likeness (QED) is 0.175. The first kappa shape index (κ1) is 32.3. The Bertz CT molecular complexity index is 3050. The van der Waals surface area contributed by atoms with E-state index in [1.54, 1.807) is 0 Å². The highest BCUT2D eigenvalue weighted by Gasteiger charge is 2.52. The smallest absolute Gasteiger partial charge is 0.0726 e. The highest BCUT2D eigenvalue weighted by atomic mass is 15.1. The van der Waals surface area contributed by atoms with Crippen LogP contribution < -0.4 is 4.90 Å². The Balaban J connectivity index is 1.01. The van der Waals surface area contributed by atoms with Crippen LogP contribution in [-0.2, 0) is 10.8 Å². The molecule has 0 bridgehead atoms. The zero-order chi connectivity index (χ0) is 37.9. The van der Waals surface area contributed by atoms with Crippen LogP contribution in [0.2, 0.25) is 0 Å². The molecule has 12 rings (SSSR count). The Morgan fingerprint density at radius 3 is 1.54 bits per heavy atom. The molecule has 9 aromatic carbocycles. The third-order valence-corrected chi connectivity index (χ3v) is 13.3. The fraction of sp³-hybridized carbons (Fsp3) is 0.0714. The largest absolute Gasteiger partial charge is 0.310 e. The zero-order valence-corrected chi connectivity index (χ0v) is 32.0. The first-order valence-electron chi connectivity index (χ1n) is 20.1. The van der Waals surface area contributed by atoms with E-state index in [2.05, 4.69) is 219 Å². The molecule has 57 heavy (non-hydrogen) atoms. The summed E-state index contributed by atoms with van der Waals surface area (Å²) in [5.41, 5.74) is 21.6. The molecule has 0 amide bonds. The first-order chi connectivity index (χ1) is 28.0. The van der Waals surface area contributed by atoms with Gasteiger partial charge in [-0.15, -0.1) is 0 Å². The molecule has 0 saturated carbocycles. The van der Waals surface area contributed by atoms with Gasteiger partial charge in [0.05, 0.1) is 11.1 Å². The zero-order valence-electron chi connectivity index (χ0n) is 32.0. The highest BCUT2D eigenvalue weighted by Crippen LogP contribution is 2.64. The van der Waals surface area contributed by atoms with Crippen LogP contribution in [0.15, 0.2) is 200 Å². The average molecular weight is 726 g/mol. The predicted molar refractivity (Wildman–Crippen MR) is 238 cm³/mol. The number of rotatable bonds is 4. The fourth-order valence-corrected chi connectivity index (χ4v) is 10.7. The van der Waals surface area contributed by atoms with Crippen molar-refractivity contribution in [2.24, 2.45) is 0 Å². The summed E-state index contributed by atoms with van der Waals surface area (Å²) in [5.74, 6) is 0. The van der Waals surface area contributed by atoms with Crippen molar-refractivity contribution in [2.75, 3.05) is 4.90 Å². The molecule has 0 atom stereocenters. The van der Waals surface area contributed by atoms with Crippen LogP contribution in [-0.4, -0.2) is 0 Å². The van der Waals surface area contributed by atoms with Gasteiger partial charge in [-0.1, -0.05) is 166 Å². The number of hydrogen-bond acceptors (Lipinski definition) is 1. The maximum Gasteiger partial charge on any atom is 0.0726 e. The van der Waals surface area contributed by atoms with E-state index in [1.165, 1.54) is 94.3 Å². The van der Waals surface area contributed by atoms with Gasteiger partial charge in [-0.25, -0.2) is 0 Å². The summed E-state index contributed by atoms with van der Waals surface area (Å²) in [5, 5.41) is 2.60. The summed E-state index contributed by atoms with van der Waals surface area (Å²) in [6.07, 6.45) is 0. The number of hydrogen-bond donors (Lipinski definition) is 0. The van der Waals surface area contributed by atoms with Gasteiger partial charge in [0.1, 0.15) is 0 Å². The van der Waals surface area contributed by atoms with Crippen LogP contribution in [0, 0.1) is 0 Å². The van der Waals surface area contributed by atoms with E-state index >= 15 is 0 Å². The first-order valence-corrected chi connectivity index (χ1v) is 20.1. The maximum atomic E-state index is 2.46. The molecule has 268 valence electrons. The average Bonchev–Trinajstić information content (AvgIpc) is 3.82. The predicted octanol–water partition coefficient (Wildman–Crippen LogP) is 14.6. The van der Waals surface area contributed by atoms with Crippen molar-refractivity contribution < 1.29 is 0 Å². The molecule has 1 spiro atoms. The SMILES string of the molecule is CC1(C)c2cc(-c3ccc(N(c4ccccc4)c4cccc5c4-c4ccccc4C54c5ccccc5-c5ccccc54)cc3)ccc2-c2cc3ccccc3cc21. The minimum atomic E-state index is -0.394. The van der Waals surface area contributed by atoms with Crippen molar-refractivity contribution in [3.63, 3.8) is 0 Å². The maximum absolute atomic E-state index is 2.46. The summed E-state index contributed by atoms with van der Waals surface area (Å²) >= 11 is 0. The molecule has 0 fully saturated rings. The number of anilines is 3. The van der Waals surface area contributed by atoms with Crippen molar-refractivity contribution in [1.29, 1.82) is 0 Å². The van der Waals surface area contributed by atoms with E-state index in [4.69, 9.17) is 0 Å². The molecule has 1 nitrogen and oxygen atoms in total. The second kappa shape index (κ2) is 11.8. The van der Waals surface area contributed by atoms with Gasteiger partial charge in [-0.2, -0.15) is 0 Å². The summed E-state index contributed by atoms with van der Waals surface area (Å²) in [7, 11) is 0. The van der Waals surface area contributed by atoms with Gasteiger partial charge in [0.15, 0.2) is 0 Å². The Labute approximate surface area is 334 Å². The molecule has 9 aromatic rings. The Hall–Kier alpha value is -6.96. The summed E-state index contributed by atoms with van der Waals surface area (Å²) in [6.45, 7) is 4.75. The molecule has 1 heteroatoms. The van der Waals surface area contributed by atoms with Gasteiger partial charge >= 0.3 is 0 Å². The molecule has 0 saturated heterocycles. The van der Waals surface area contributed by atoms with Crippen LogP contribution >= 0.6 is 0 Å². The van der Waals surface area contributed by atoms with Crippen LogP contribution in [0.1, 0.15) is 47.2 Å². The number of para-hydroxylation sites is 1. The van der Waals surface area contributed by atoms with Crippen molar-refractivity contribution in [1.82, 2.24) is 0 Å². The van der Waals surface area contributed by atoms with Crippen LogP contribution in [0.25, 0.3) is 55.3 Å². The topological polar surface area (TPSA) is 3.24 Å². The molecule has 3 aliphatic rings. The standard InChI is InChI=1S/C56H39N/c1-55(2)51-35-39(29-32-44(51)46-33-37-15-6-7-16-38(37)34-52(46)55)36-27-30-41(31-28-36)57(40-17-4-3-5-18-40)53-26-14-25-50-54(53)45-21-10-13-24-49(45)56(50)47-22-11-8-19-42(47)43-20-9-12-23-48(43)56/h3-35H,1-2H3. The van der Waals surface area contributed by atoms with E-state index in [0.717, 1.165) is 11.4 Å². The lowest BCUT2D eigenvalue weighted by Gasteiger charge is -2.31. The third kappa shape index (κ3) is 4.34. The lowest BCUT2D eigenvalue weighted by Crippen LogP contribution is -2.26. The van der Waals surface area contributed by atoms with E-state index in [1.807, 2.05) is 0 Å². The minimum Gasteiger partial charge on any atom is -0.310 e. The van der Waals surface area contributed by atoms with E-state index in [9.17, 15) is 0 Å². The third-order valence-electron chi connectivity index (χ3n) is 13.3. The number of nitrogens with zero attached hydrogens (tertiary/aromatic N) is 1.